The Balaban J connectivity index is 1.39. The molecule has 0 aliphatic rings. The monoisotopic (exact) mass is 361 g/mol. The van der Waals surface area contributed by atoms with E-state index in [0.717, 1.165) is 30.8 Å². The number of hydrogen-bond acceptors (Lipinski definition) is 3. The predicted molar refractivity (Wildman–Crippen MR) is 111 cm³/mol. The van der Waals surface area contributed by atoms with Crippen molar-refractivity contribution in [3.05, 3.63) is 96.1 Å². The van der Waals surface area contributed by atoms with Crippen LogP contribution in [0.1, 0.15) is 24.0 Å². The first kappa shape index (κ1) is 19.0. The highest BCUT2D eigenvalue weighted by Gasteiger charge is 2.06. The third-order valence-corrected chi connectivity index (χ3v) is 4.50. The topological polar surface area (TPSA) is 41.5 Å². The van der Waals surface area contributed by atoms with Gasteiger partial charge in [-0.2, -0.15) is 0 Å². The molecule has 0 spiro atoms. The Morgan fingerprint density at radius 1 is 0.778 bits per heavy atom. The Bertz CT molecular complexity index is 790. The Morgan fingerprint density at radius 2 is 1.48 bits per heavy atom. The van der Waals surface area contributed by atoms with E-state index in [1.165, 1.54) is 11.1 Å². The average molecular weight is 361 g/mol. The van der Waals surface area contributed by atoms with Gasteiger partial charge in [0.1, 0.15) is 5.75 Å². The van der Waals surface area contributed by atoms with Crippen molar-refractivity contribution in [1.82, 2.24) is 0 Å². The number of anilines is 1. The van der Waals surface area contributed by atoms with Gasteiger partial charge >= 0.3 is 0 Å². The summed E-state index contributed by atoms with van der Waals surface area (Å²) in [6.07, 6.45) is 1.88. The molecule has 0 aromatic heterocycles. The second-order valence-electron chi connectivity index (χ2n) is 6.68. The summed E-state index contributed by atoms with van der Waals surface area (Å²) < 4.78 is 5.65. The zero-order valence-electron chi connectivity index (χ0n) is 15.6. The summed E-state index contributed by atoms with van der Waals surface area (Å²) in [5, 5.41) is 13.7. The van der Waals surface area contributed by atoms with Gasteiger partial charge in [0.05, 0.1) is 12.7 Å². The minimum atomic E-state index is -0.352. The van der Waals surface area contributed by atoms with E-state index in [-0.39, 0.29) is 6.10 Å². The van der Waals surface area contributed by atoms with E-state index in [2.05, 4.69) is 53.8 Å². The van der Waals surface area contributed by atoms with Gasteiger partial charge in [-0.1, -0.05) is 60.7 Å². The normalized spacial score (nSPS) is 11.7. The van der Waals surface area contributed by atoms with E-state index in [1.807, 2.05) is 36.4 Å². The van der Waals surface area contributed by atoms with Gasteiger partial charge in [0.2, 0.25) is 0 Å². The van der Waals surface area contributed by atoms with Gasteiger partial charge in [-0.15, -0.1) is 0 Å². The molecule has 0 aliphatic carbocycles. The third kappa shape index (κ3) is 6.80. The van der Waals surface area contributed by atoms with Gasteiger partial charge in [0.25, 0.3) is 0 Å². The molecule has 3 aromatic carbocycles. The molecule has 3 heteroatoms. The van der Waals surface area contributed by atoms with Gasteiger partial charge in [-0.3, -0.25) is 0 Å². The Labute approximate surface area is 161 Å². The van der Waals surface area contributed by atoms with Gasteiger partial charge in [0.15, 0.2) is 0 Å². The number of benzene rings is 3. The molecule has 0 radical (unpaired) electrons. The molecule has 0 saturated heterocycles. The molecule has 27 heavy (non-hydrogen) atoms. The zero-order valence-corrected chi connectivity index (χ0v) is 15.6. The number of nitrogens with one attached hydrogen (secondary N) is 1. The molecule has 3 rings (SSSR count). The number of aliphatic hydroxyl groups excluding tert-OH is 1. The third-order valence-electron chi connectivity index (χ3n) is 4.50. The lowest BCUT2D eigenvalue weighted by atomic mass is 10.0. The first-order valence-electron chi connectivity index (χ1n) is 9.52. The number of hydrogen-bond donors (Lipinski definition) is 2. The van der Waals surface area contributed by atoms with Gasteiger partial charge in [-0.05, 0) is 48.2 Å². The summed E-state index contributed by atoms with van der Waals surface area (Å²) in [6, 6.07) is 28.5. The molecular weight excluding hydrogens is 334 g/mol. The number of para-hydroxylation sites is 1. The number of aryl methyl sites for hydroxylation is 1. The molecule has 0 aliphatic heterocycles. The lowest BCUT2D eigenvalue weighted by Gasteiger charge is -2.13. The smallest absolute Gasteiger partial charge is 0.119 e. The molecule has 2 N–H and O–H groups in total. The molecule has 0 fully saturated rings. The molecule has 3 nitrogen and oxygen atoms in total. The van der Waals surface area contributed by atoms with Crippen LogP contribution >= 0.6 is 0 Å². The van der Waals surface area contributed by atoms with Crippen molar-refractivity contribution < 1.29 is 9.84 Å². The predicted octanol–water partition coefficient (Wildman–Crippen LogP) is 5.06. The van der Waals surface area contributed by atoms with Gasteiger partial charge in [-0.25, -0.2) is 0 Å². The maximum absolute atomic E-state index is 10.2. The number of rotatable bonds is 10. The maximum Gasteiger partial charge on any atom is 0.119 e. The van der Waals surface area contributed by atoms with Crippen molar-refractivity contribution >= 4 is 5.69 Å². The van der Waals surface area contributed by atoms with Crippen LogP contribution < -0.4 is 10.1 Å². The Hall–Kier alpha value is -2.78. The largest absolute Gasteiger partial charge is 0.493 e. The van der Waals surface area contributed by atoms with E-state index in [4.69, 9.17) is 4.74 Å². The Morgan fingerprint density at radius 3 is 2.26 bits per heavy atom. The summed E-state index contributed by atoms with van der Waals surface area (Å²) in [4.78, 5) is 0. The van der Waals surface area contributed by atoms with Crippen molar-refractivity contribution in [1.29, 1.82) is 0 Å². The van der Waals surface area contributed by atoms with E-state index < -0.39 is 0 Å². The van der Waals surface area contributed by atoms with E-state index in [9.17, 15) is 5.11 Å². The molecule has 0 amide bonds. The fraction of sp³-hybridized carbons (Fsp3) is 0.250. The van der Waals surface area contributed by atoms with Crippen molar-refractivity contribution in [3.63, 3.8) is 0 Å². The van der Waals surface area contributed by atoms with Crippen LogP contribution in [0.15, 0.2) is 84.9 Å². The van der Waals surface area contributed by atoms with Crippen LogP contribution in [0.4, 0.5) is 5.69 Å². The molecule has 140 valence electrons. The molecule has 0 heterocycles. The fourth-order valence-corrected chi connectivity index (χ4v) is 2.94. The first-order valence-corrected chi connectivity index (χ1v) is 9.52. The van der Waals surface area contributed by atoms with E-state index >= 15 is 0 Å². The van der Waals surface area contributed by atoms with Crippen LogP contribution in [-0.2, 0) is 13.0 Å². The summed E-state index contributed by atoms with van der Waals surface area (Å²) in [5.74, 6) is 0.849. The zero-order chi connectivity index (χ0) is 18.7. The summed E-state index contributed by atoms with van der Waals surface area (Å²) in [5.41, 5.74) is 3.60. The van der Waals surface area contributed by atoms with Crippen molar-refractivity contribution in [3.8, 4) is 5.75 Å². The highest BCUT2D eigenvalue weighted by molar-refractivity contribution is 5.46. The second kappa shape index (κ2) is 10.4. The van der Waals surface area contributed by atoms with Crippen LogP contribution in [0, 0.1) is 0 Å². The van der Waals surface area contributed by atoms with Crippen molar-refractivity contribution in [2.45, 2.75) is 31.9 Å². The quantitative estimate of drug-likeness (QED) is 0.530. The fourth-order valence-electron chi connectivity index (χ4n) is 2.94. The summed E-state index contributed by atoms with van der Waals surface area (Å²) >= 11 is 0. The second-order valence-corrected chi connectivity index (χ2v) is 6.68. The Kier molecular flexibility index (Phi) is 7.31. The number of aliphatic hydroxyl groups is 1. The van der Waals surface area contributed by atoms with E-state index in [1.54, 1.807) is 0 Å². The average Bonchev–Trinajstić information content (AvgIpc) is 2.73. The van der Waals surface area contributed by atoms with Crippen LogP contribution in [0.5, 0.6) is 5.75 Å². The highest BCUT2D eigenvalue weighted by atomic mass is 16.5. The molecular formula is C24H27NO2. The molecule has 1 atom stereocenters. The minimum Gasteiger partial charge on any atom is -0.493 e. The standard InChI is InChI=1S/C24H27NO2/c26-23(16-17-27-24-12-5-2-6-13-24)15-14-20-10-7-11-22(18-20)25-19-21-8-3-1-4-9-21/h1-13,18,23,25-26H,14-17,19H2/t23-/m0/s1. The summed E-state index contributed by atoms with van der Waals surface area (Å²) in [7, 11) is 0. The molecule has 0 unspecified atom stereocenters. The van der Waals surface area contributed by atoms with Crippen LogP contribution in [0.3, 0.4) is 0 Å². The molecule has 3 aromatic rings. The minimum absolute atomic E-state index is 0.352. The SMILES string of the molecule is O[C@H](CCOc1ccccc1)CCc1cccc(NCc2ccccc2)c1. The van der Waals surface area contributed by atoms with E-state index in [0.29, 0.717) is 13.0 Å². The van der Waals surface area contributed by atoms with Gasteiger partial charge in [0, 0.05) is 18.7 Å². The van der Waals surface area contributed by atoms with Crippen molar-refractivity contribution in [2.24, 2.45) is 0 Å². The highest BCUT2D eigenvalue weighted by Crippen LogP contribution is 2.15. The summed E-state index contributed by atoms with van der Waals surface area (Å²) in [6.45, 7) is 1.34. The van der Waals surface area contributed by atoms with Gasteiger partial charge < -0.3 is 15.2 Å². The maximum atomic E-state index is 10.2. The van der Waals surface area contributed by atoms with Crippen molar-refractivity contribution in [2.75, 3.05) is 11.9 Å². The first-order chi connectivity index (χ1) is 13.3. The molecule has 0 saturated carbocycles. The van der Waals surface area contributed by atoms with Crippen LogP contribution in [-0.4, -0.2) is 17.8 Å². The molecule has 0 bridgehead atoms. The number of ether oxygens (including phenoxy) is 1. The lowest BCUT2D eigenvalue weighted by molar-refractivity contribution is 0.131. The van der Waals surface area contributed by atoms with Crippen LogP contribution in [0.25, 0.3) is 0 Å². The lowest BCUT2D eigenvalue weighted by Crippen LogP contribution is -2.13. The van der Waals surface area contributed by atoms with Crippen LogP contribution in [0.2, 0.25) is 0 Å².